The molecule has 2 N–H and O–H groups in total. The average Bonchev–Trinajstić information content (AvgIpc) is 2.57. The molecule has 0 spiro atoms. The maximum absolute atomic E-state index is 5.82. The van der Waals surface area contributed by atoms with E-state index in [0.29, 0.717) is 0 Å². The Morgan fingerprint density at radius 3 is 2.52 bits per heavy atom. The van der Waals surface area contributed by atoms with Crippen LogP contribution in [0.25, 0.3) is 0 Å². The summed E-state index contributed by atoms with van der Waals surface area (Å²) < 4.78 is 0. The molecule has 3 heteroatoms. The smallest absolute Gasteiger partial charge is 0.120 e. The second-order valence-corrected chi connectivity index (χ2v) is 5.85. The van der Waals surface area contributed by atoms with Crippen molar-refractivity contribution < 1.29 is 0 Å². The van der Waals surface area contributed by atoms with Crippen molar-refractivity contribution in [2.24, 2.45) is 9.98 Å². The van der Waals surface area contributed by atoms with E-state index in [1.54, 1.807) is 7.05 Å². The minimum absolute atomic E-state index is 0.289. The lowest BCUT2D eigenvalue weighted by Crippen LogP contribution is -2.20. The first-order chi connectivity index (χ1) is 11.1. The molecule has 1 atom stereocenters. The van der Waals surface area contributed by atoms with E-state index < -0.39 is 0 Å². The number of anilines is 1. The van der Waals surface area contributed by atoms with Gasteiger partial charge in [0.05, 0.1) is 5.71 Å². The van der Waals surface area contributed by atoms with E-state index >= 15 is 0 Å². The standard InChI is InChI=1S/C20H21N3/c1-13-12-19(15-8-10-16(21)11-9-15)17-6-4-5-7-18(17)20(13)23-14(2)22-3/h4-11,19H,1,12,21H2,2-3H3. The van der Waals surface area contributed by atoms with Crippen molar-refractivity contribution in [2.45, 2.75) is 19.3 Å². The zero-order chi connectivity index (χ0) is 16.4. The molecule has 0 fully saturated rings. The molecule has 2 aromatic carbocycles. The summed E-state index contributed by atoms with van der Waals surface area (Å²) in [6.45, 7) is 6.18. The Morgan fingerprint density at radius 2 is 1.83 bits per heavy atom. The number of benzene rings is 2. The van der Waals surface area contributed by atoms with E-state index in [1.807, 2.05) is 25.1 Å². The van der Waals surface area contributed by atoms with Crippen LogP contribution in [0.3, 0.4) is 0 Å². The Kier molecular flexibility index (Phi) is 4.11. The van der Waals surface area contributed by atoms with Gasteiger partial charge in [-0.1, -0.05) is 43.0 Å². The van der Waals surface area contributed by atoms with Crippen molar-refractivity contribution in [3.63, 3.8) is 0 Å². The molecule has 2 aromatic rings. The van der Waals surface area contributed by atoms with Gasteiger partial charge in [0.25, 0.3) is 0 Å². The molecule has 0 heterocycles. The summed E-state index contributed by atoms with van der Waals surface area (Å²) in [5.74, 6) is 1.05. The van der Waals surface area contributed by atoms with Crippen LogP contribution in [0.2, 0.25) is 0 Å². The number of rotatable bonds is 1. The molecular weight excluding hydrogens is 282 g/mol. The highest BCUT2D eigenvalue weighted by Crippen LogP contribution is 2.39. The number of amidine groups is 1. The molecule has 1 aliphatic carbocycles. The fourth-order valence-electron chi connectivity index (χ4n) is 3.04. The molecule has 0 saturated carbocycles. The van der Waals surface area contributed by atoms with Gasteiger partial charge < -0.3 is 5.73 Å². The van der Waals surface area contributed by atoms with Crippen LogP contribution in [-0.4, -0.2) is 18.6 Å². The summed E-state index contributed by atoms with van der Waals surface area (Å²) in [6.07, 6.45) is 0.858. The van der Waals surface area contributed by atoms with E-state index in [-0.39, 0.29) is 5.92 Å². The number of allylic oxidation sites excluding steroid dienone is 1. The normalized spacial score (nSPS) is 19.7. The van der Waals surface area contributed by atoms with Gasteiger partial charge in [0.15, 0.2) is 0 Å². The van der Waals surface area contributed by atoms with Crippen LogP contribution in [0, 0.1) is 0 Å². The lowest BCUT2D eigenvalue weighted by molar-refractivity contribution is 0.800. The summed E-state index contributed by atoms with van der Waals surface area (Å²) in [5, 5.41) is 0. The predicted molar refractivity (Wildman–Crippen MR) is 98.5 cm³/mol. The summed E-state index contributed by atoms with van der Waals surface area (Å²) in [5.41, 5.74) is 12.3. The number of hydrogen-bond acceptors (Lipinski definition) is 2. The first-order valence-corrected chi connectivity index (χ1v) is 7.75. The van der Waals surface area contributed by atoms with E-state index in [9.17, 15) is 0 Å². The third-order valence-corrected chi connectivity index (χ3v) is 4.31. The molecule has 0 bridgehead atoms. The first kappa shape index (κ1) is 15.2. The minimum atomic E-state index is 0.289. The van der Waals surface area contributed by atoms with Gasteiger partial charge in [-0.3, -0.25) is 4.99 Å². The fourth-order valence-corrected chi connectivity index (χ4v) is 3.04. The van der Waals surface area contributed by atoms with Crippen molar-refractivity contribution in [3.05, 3.63) is 77.4 Å². The molecule has 0 saturated heterocycles. The first-order valence-electron chi connectivity index (χ1n) is 7.75. The monoisotopic (exact) mass is 303 g/mol. The molecule has 3 rings (SSSR count). The molecule has 0 aromatic heterocycles. The Bertz CT molecular complexity index is 798. The SMILES string of the molecule is C=C1CC(c2ccc(N)cc2)c2ccccc2C1=NC(C)=NC. The van der Waals surface area contributed by atoms with Crippen LogP contribution in [0.5, 0.6) is 0 Å². The van der Waals surface area contributed by atoms with Crippen LogP contribution in [0.4, 0.5) is 5.69 Å². The molecule has 1 aliphatic rings. The molecule has 0 radical (unpaired) electrons. The van der Waals surface area contributed by atoms with E-state index in [1.165, 1.54) is 11.1 Å². The van der Waals surface area contributed by atoms with Crippen molar-refractivity contribution in [2.75, 3.05) is 12.8 Å². The minimum Gasteiger partial charge on any atom is -0.399 e. The summed E-state index contributed by atoms with van der Waals surface area (Å²) >= 11 is 0. The molecule has 23 heavy (non-hydrogen) atoms. The van der Waals surface area contributed by atoms with Crippen LogP contribution >= 0.6 is 0 Å². The number of nitrogens with two attached hydrogens (primary N) is 1. The van der Waals surface area contributed by atoms with Gasteiger partial charge in [-0.2, -0.15) is 0 Å². The Morgan fingerprint density at radius 1 is 1.13 bits per heavy atom. The van der Waals surface area contributed by atoms with Crippen molar-refractivity contribution in [1.82, 2.24) is 0 Å². The van der Waals surface area contributed by atoms with Crippen LogP contribution in [0.15, 0.2) is 70.7 Å². The highest BCUT2D eigenvalue weighted by Gasteiger charge is 2.27. The molecule has 0 aliphatic heterocycles. The quantitative estimate of drug-likeness (QED) is 0.479. The predicted octanol–water partition coefficient (Wildman–Crippen LogP) is 4.20. The maximum atomic E-state index is 5.82. The number of nitrogens with zero attached hydrogens (tertiary/aromatic N) is 2. The average molecular weight is 303 g/mol. The maximum Gasteiger partial charge on any atom is 0.120 e. The van der Waals surface area contributed by atoms with Crippen molar-refractivity contribution >= 4 is 17.2 Å². The van der Waals surface area contributed by atoms with Gasteiger partial charge in [-0.05, 0) is 42.2 Å². The number of fused-ring (bicyclic) bond motifs is 1. The highest BCUT2D eigenvalue weighted by atomic mass is 14.9. The third-order valence-electron chi connectivity index (χ3n) is 4.31. The Balaban J connectivity index is 2.12. The van der Waals surface area contributed by atoms with Crippen LogP contribution in [-0.2, 0) is 0 Å². The van der Waals surface area contributed by atoms with Crippen LogP contribution < -0.4 is 5.73 Å². The zero-order valence-electron chi connectivity index (χ0n) is 13.6. The number of hydrogen-bond donors (Lipinski definition) is 1. The topological polar surface area (TPSA) is 50.7 Å². The van der Waals surface area contributed by atoms with Gasteiger partial charge in [-0.15, -0.1) is 0 Å². The van der Waals surface area contributed by atoms with E-state index in [2.05, 4.69) is 46.9 Å². The number of aliphatic imine (C=N–C) groups is 2. The van der Waals surface area contributed by atoms with Gasteiger partial charge >= 0.3 is 0 Å². The second kappa shape index (κ2) is 6.21. The van der Waals surface area contributed by atoms with E-state index in [4.69, 9.17) is 5.73 Å². The number of nitrogen functional groups attached to an aromatic ring is 1. The fraction of sp³-hybridized carbons (Fsp3) is 0.200. The van der Waals surface area contributed by atoms with Gasteiger partial charge in [0.2, 0.25) is 0 Å². The van der Waals surface area contributed by atoms with Gasteiger partial charge in [0, 0.05) is 24.2 Å². The lowest BCUT2D eigenvalue weighted by Gasteiger charge is -2.28. The summed E-state index contributed by atoms with van der Waals surface area (Å²) in [7, 11) is 1.76. The molecule has 0 amide bonds. The van der Waals surface area contributed by atoms with Crippen molar-refractivity contribution in [1.29, 1.82) is 0 Å². The molecular formula is C20H21N3. The Hall–Kier alpha value is -2.68. The van der Waals surface area contributed by atoms with Gasteiger partial charge in [-0.25, -0.2) is 4.99 Å². The molecule has 3 nitrogen and oxygen atoms in total. The third kappa shape index (κ3) is 2.95. The summed E-state index contributed by atoms with van der Waals surface area (Å²) in [4.78, 5) is 8.82. The van der Waals surface area contributed by atoms with E-state index in [0.717, 1.165) is 34.8 Å². The Labute approximate surface area is 137 Å². The second-order valence-electron chi connectivity index (χ2n) is 5.85. The lowest BCUT2D eigenvalue weighted by atomic mass is 9.76. The van der Waals surface area contributed by atoms with Gasteiger partial charge in [0.1, 0.15) is 5.84 Å². The van der Waals surface area contributed by atoms with Crippen molar-refractivity contribution in [3.8, 4) is 0 Å². The highest BCUT2D eigenvalue weighted by molar-refractivity contribution is 6.18. The zero-order valence-corrected chi connectivity index (χ0v) is 13.6. The molecule has 1 unspecified atom stereocenters. The summed E-state index contributed by atoms with van der Waals surface area (Å²) in [6, 6.07) is 16.5. The largest absolute Gasteiger partial charge is 0.399 e. The molecule has 116 valence electrons. The van der Waals surface area contributed by atoms with Crippen LogP contribution in [0.1, 0.15) is 36.0 Å².